The van der Waals surface area contributed by atoms with Crippen molar-refractivity contribution in [2.45, 2.75) is 18.9 Å². The van der Waals surface area contributed by atoms with Crippen molar-refractivity contribution in [3.8, 4) is 0 Å². The highest BCUT2D eigenvalue weighted by Crippen LogP contribution is 2.14. The molecule has 0 spiro atoms. The van der Waals surface area contributed by atoms with Gasteiger partial charge in [0.2, 0.25) is 5.91 Å². The second kappa shape index (κ2) is 11.5. The Hall–Kier alpha value is -2.45. The lowest BCUT2D eigenvalue weighted by molar-refractivity contribution is -0.115. The van der Waals surface area contributed by atoms with Gasteiger partial charge in [-0.05, 0) is 36.2 Å². The number of carbonyl (C=O) groups excluding carboxylic acids is 1. The fraction of sp³-hybridized carbons (Fsp3) is 0.238. The maximum atomic E-state index is 12.1. The topological polar surface area (TPSA) is 100 Å². The number of thiazole rings is 1. The van der Waals surface area contributed by atoms with Gasteiger partial charge in [-0.2, -0.15) is 0 Å². The van der Waals surface area contributed by atoms with Crippen LogP contribution in [0.5, 0.6) is 0 Å². The standard InChI is InChI=1S/C21H24N4O2S.ClH/c22-21-25-18(14-28-21)12-20(27)24-17-8-6-15(7-9-17)10-11-23-13-19(26)16-4-2-1-3-5-16;/h1-9,14,19,23,26H,10-13H2,(H2,22,25)(H,24,27);1H/t19-;/m0./s1/i1D,2D,3D,4D,5D;. The number of nitrogens with two attached hydrogens (primary N) is 1. The molecule has 3 aromatic rings. The number of nitrogens with zero attached hydrogens (tertiary/aromatic N) is 1. The average molecular weight is 438 g/mol. The molecule has 8 heteroatoms. The molecule has 0 saturated carbocycles. The number of halogens is 1. The van der Waals surface area contributed by atoms with Crippen LogP contribution in [0, 0.1) is 0 Å². The predicted octanol–water partition coefficient (Wildman–Crippen LogP) is 3.19. The molecule has 6 nitrogen and oxygen atoms in total. The van der Waals surface area contributed by atoms with E-state index < -0.39 is 36.3 Å². The third kappa shape index (κ3) is 7.47. The van der Waals surface area contributed by atoms with E-state index in [1.807, 2.05) is 12.1 Å². The van der Waals surface area contributed by atoms with Crippen molar-refractivity contribution in [2.24, 2.45) is 0 Å². The maximum Gasteiger partial charge on any atom is 0.230 e. The Bertz CT molecular complexity index is 1120. The zero-order valence-corrected chi connectivity index (χ0v) is 17.1. The van der Waals surface area contributed by atoms with Gasteiger partial charge >= 0.3 is 0 Å². The highest BCUT2D eigenvalue weighted by Gasteiger charge is 2.08. The van der Waals surface area contributed by atoms with E-state index in [0.29, 0.717) is 29.5 Å². The molecule has 1 heterocycles. The monoisotopic (exact) mass is 437 g/mol. The largest absolute Gasteiger partial charge is 0.387 e. The molecule has 154 valence electrons. The van der Waals surface area contributed by atoms with Gasteiger partial charge in [0, 0.05) is 17.6 Å². The molecular formula is C21H25ClN4O2S. The van der Waals surface area contributed by atoms with Crippen LogP contribution < -0.4 is 16.4 Å². The number of aromatic nitrogens is 1. The maximum absolute atomic E-state index is 12.1. The molecule has 0 unspecified atom stereocenters. The minimum Gasteiger partial charge on any atom is -0.387 e. The van der Waals surface area contributed by atoms with Gasteiger partial charge in [0.15, 0.2) is 5.13 Å². The lowest BCUT2D eigenvalue weighted by Crippen LogP contribution is -2.23. The number of anilines is 2. The summed E-state index contributed by atoms with van der Waals surface area (Å²) in [5.74, 6) is -0.184. The normalized spacial score (nSPS) is 13.9. The van der Waals surface area contributed by atoms with E-state index in [2.05, 4.69) is 15.6 Å². The van der Waals surface area contributed by atoms with Gasteiger partial charge in [-0.25, -0.2) is 4.98 Å². The lowest BCUT2D eigenvalue weighted by Gasteiger charge is -2.12. The van der Waals surface area contributed by atoms with Crippen LogP contribution in [0.15, 0.2) is 59.9 Å². The lowest BCUT2D eigenvalue weighted by atomic mass is 10.1. The number of hydrogen-bond donors (Lipinski definition) is 4. The number of aliphatic hydroxyl groups excluding tert-OH is 1. The second-order valence-electron chi connectivity index (χ2n) is 6.11. The first kappa shape index (κ1) is 16.4. The Labute approximate surface area is 187 Å². The van der Waals surface area contributed by atoms with Crippen LogP contribution in [0.3, 0.4) is 0 Å². The smallest absolute Gasteiger partial charge is 0.230 e. The minimum absolute atomic E-state index is 0. The summed E-state index contributed by atoms with van der Waals surface area (Å²) in [5, 5.41) is 18.4. The zero-order valence-electron chi connectivity index (χ0n) is 20.5. The summed E-state index contributed by atoms with van der Waals surface area (Å²) >= 11 is 1.29. The Balaban J connectivity index is 0.00000408. The molecule has 0 fully saturated rings. The summed E-state index contributed by atoms with van der Waals surface area (Å²) in [6, 6.07) is 5.14. The number of rotatable bonds is 9. The quantitative estimate of drug-likeness (QED) is 0.385. The SMILES string of the molecule is Cl.[2H]c1c([2H])c([2H])c([C@@H](O)CNCCc2ccc(NC(=O)Cc3csc(N)n3)cc2)c([2H])c1[2H]. The van der Waals surface area contributed by atoms with Gasteiger partial charge in [0.25, 0.3) is 0 Å². The van der Waals surface area contributed by atoms with E-state index in [0.717, 1.165) is 5.56 Å². The van der Waals surface area contributed by atoms with Crippen molar-refractivity contribution in [2.75, 3.05) is 24.1 Å². The summed E-state index contributed by atoms with van der Waals surface area (Å²) in [6.07, 6.45) is -0.445. The molecule has 0 aliphatic carbocycles. The molecule has 0 saturated heterocycles. The Morgan fingerprint density at radius 2 is 1.97 bits per heavy atom. The van der Waals surface area contributed by atoms with Crippen LogP contribution in [0.2, 0.25) is 0 Å². The Morgan fingerprint density at radius 1 is 1.24 bits per heavy atom. The van der Waals surface area contributed by atoms with Gasteiger partial charge < -0.3 is 21.5 Å². The molecule has 0 radical (unpaired) electrons. The van der Waals surface area contributed by atoms with E-state index in [1.165, 1.54) is 11.3 Å². The van der Waals surface area contributed by atoms with Crippen LogP contribution in [-0.4, -0.2) is 29.1 Å². The van der Waals surface area contributed by atoms with Crippen LogP contribution in [0.1, 0.15) is 29.8 Å². The van der Waals surface area contributed by atoms with Crippen molar-refractivity contribution >= 4 is 40.5 Å². The number of aliphatic hydroxyl groups is 1. The molecule has 29 heavy (non-hydrogen) atoms. The molecule has 1 atom stereocenters. The van der Waals surface area contributed by atoms with Gasteiger partial charge in [0.1, 0.15) is 0 Å². The van der Waals surface area contributed by atoms with E-state index >= 15 is 0 Å². The first-order valence-electron chi connectivity index (χ1n) is 11.2. The zero-order chi connectivity index (χ0) is 24.1. The van der Waals surface area contributed by atoms with E-state index in [9.17, 15) is 9.90 Å². The fourth-order valence-corrected chi connectivity index (χ4v) is 3.09. The molecule has 3 rings (SSSR count). The van der Waals surface area contributed by atoms with Crippen molar-refractivity contribution in [3.05, 3.63) is 76.7 Å². The fourth-order valence-electron chi connectivity index (χ4n) is 2.53. The van der Waals surface area contributed by atoms with E-state index in [-0.39, 0.29) is 36.8 Å². The molecule has 0 aliphatic rings. The minimum atomic E-state index is -1.23. The van der Waals surface area contributed by atoms with E-state index in [1.54, 1.807) is 17.5 Å². The van der Waals surface area contributed by atoms with Crippen molar-refractivity contribution in [3.63, 3.8) is 0 Å². The Morgan fingerprint density at radius 3 is 2.62 bits per heavy atom. The third-order valence-corrected chi connectivity index (χ3v) is 4.65. The van der Waals surface area contributed by atoms with Crippen molar-refractivity contribution in [1.82, 2.24) is 10.3 Å². The van der Waals surface area contributed by atoms with Gasteiger partial charge in [-0.1, -0.05) is 42.3 Å². The summed E-state index contributed by atoms with van der Waals surface area (Å²) < 4.78 is 38.8. The number of nitrogen functional groups attached to an aromatic ring is 1. The molecule has 0 aliphatic heterocycles. The Kier molecular flexibility index (Phi) is 6.50. The summed E-state index contributed by atoms with van der Waals surface area (Å²) in [4.78, 5) is 16.2. The highest BCUT2D eigenvalue weighted by atomic mass is 35.5. The molecule has 0 bridgehead atoms. The predicted molar refractivity (Wildman–Crippen MR) is 121 cm³/mol. The molecule has 2 aromatic carbocycles. The number of hydrogen-bond acceptors (Lipinski definition) is 6. The molecule has 1 amide bonds. The summed E-state index contributed by atoms with van der Waals surface area (Å²) in [7, 11) is 0. The number of amides is 1. The molecular weight excluding hydrogens is 408 g/mol. The van der Waals surface area contributed by atoms with Crippen LogP contribution >= 0.6 is 23.7 Å². The van der Waals surface area contributed by atoms with Gasteiger partial charge in [-0.15, -0.1) is 23.7 Å². The van der Waals surface area contributed by atoms with Crippen LogP contribution in [0.4, 0.5) is 10.8 Å². The molecule has 1 aromatic heterocycles. The number of carbonyl (C=O) groups is 1. The van der Waals surface area contributed by atoms with Crippen LogP contribution in [0.25, 0.3) is 0 Å². The molecule has 5 N–H and O–H groups in total. The van der Waals surface area contributed by atoms with Crippen molar-refractivity contribution < 1.29 is 16.8 Å². The number of nitrogens with one attached hydrogen (secondary N) is 2. The number of benzene rings is 2. The summed E-state index contributed by atoms with van der Waals surface area (Å²) in [5.41, 5.74) is 7.75. The average Bonchev–Trinajstić information content (AvgIpc) is 3.19. The highest BCUT2D eigenvalue weighted by molar-refractivity contribution is 7.13. The van der Waals surface area contributed by atoms with E-state index in [4.69, 9.17) is 12.6 Å². The van der Waals surface area contributed by atoms with Gasteiger partial charge in [0.05, 0.1) is 25.1 Å². The third-order valence-electron chi connectivity index (χ3n) is 3.93. The van der Waals surface area contributed by atoms with Crippen molar-refractivity contribution in [1.29, 1.82) is 0 Å². The van der Waals surface area contributed by atoms with Crippen LogP contribution in [-0.2, 0) is 17.6 Å². The second-order valence-corrected chi connectivity index (χ2v) is 7.00. The summed E-state index contributed by atoms with van der Waals surface area (Å²) in [6.45, 7) is 0.552. The first-order valence-corrected chi connectivity index (χ1v) is 9.59. The van der Waals surface area contributed by atoms with Gasteiger partial charge in [-0.3, -0.25) is 4.79 Å². The first-order chi connectivity index (χ1) is 15.7.